The molecule has 0 N–H and O–H groups in total. The minimum atomic E-state index is -2.37. The van der Waals surface area contributed by atoms with Crippen LogP contribution in [-0.4, -0.2) is 38.4 Å². The van der Waals surface area contributed by atoms with Crippen molar-refractivity contribution >= 4 is 31.8 Å². The summed E-state index contributed by atoms with van der Waals surface area (Å²) in [4.78, 5) is 40.7. The first kappa shape index (κ1) is 43.9. The quantitative estimate of drug-likeness (QED) is 0.148. The summed E-state index contributed by atoms with van der Waals surface area (Å²) >= 11 is 0. The van der Waals surface area contributed by atoms with Crippen LogP contribution >= 0.6 is 0 Å². The number of hydrogen-bond acceptors (Lipinski definition) is 6. The maximum Gasteiger partial charge on any atom is 0.338 e. The van der Waals surface area contributed by atoms with Gasteiger partial charge >= 0.3 is 11.9 Å². The molecule has 6 rings (SSSR count). The number of fused-ring (bicyclic) bond motifs is 7. The fourth-order valence-electron chi connectivity index (χ4n) is 13.6. The van der Waals surface area contributed by atoms with Crippen LogP contribution in [0.5, 0.6) is 0 Å². The predicted molar refractivity (Wildman–Crippen MR) is 233 cm³/mol. The molecular formula is C50H76O6Si. The van der Waals surface area contributed by atoms with Crippen molar-refractivity contribution in [1.29, 1.82) is 0 Å². The second kappa shape index (κ2) is 14.5. The lowest BCUT2D eigenvalue weighted by atomic mass is 9.32. The molecule has 4 saturated carbocycles. The Morgan fingerprint density at radius 1 is 0.825 bits per heavy atom. The number of esters is 2. The van der Waals surface area contributed by atoms with Gasteiger partial charge in [-0.1, -0.05) is 85.8 Å². The van der Waals surface area contributed by atoms with Crippen LogP contribution in [0, 0.1) is 56.7 Å². The SMILES string of the molecule is C=C(CC(=O)OCC)C1CCC2(C(=O)O[Si](C)(C)C(C)(C)C)CCC3(C)C(CCC4C5(C)CC=C(c6ccc(C(=O)OC(C)(C)C)cc6)C(C)(C)C5CCC43C)C12. The first-order chi connectivity index (χ1) is 26.2. The Kier molecular flexibility index (Phi) is 11.2. The third kappa shape index (κ3) is 7.13. The molecular weight excluding hydrogens is 725 g/mol. The molecule has 5 aliphatic rings. The van der Waals surface area contributed by atoms with E-state index in [-0.39, 0.29) is 62.9 Å². The lowest BCUT2D eigenvalue weighted by Crippen LogP contribution is -2.66. The van der Waals surface area contributed by atoms with Crippen LogP contribution in [0.2, 0.25) is 18.1 Å². The summed E-state index contributed by atoms with van der Waals surface area (Å²) in [6, 6.07) is 8.09. The average Bonchev–Trinajstić information content (AvgIpc) is 3.48. The molecule has 0 bridgehead atoms. The van der Waals surface area contributed by atoms with Crippen molar-refractivity contribution in [3.05, 3.63) is 53.6 Å². The van der Waals surface area contributed by atoms with Crippen LogP contribution in [0.1, 0.15) is 163 Å². The van der Waals surface area contributed by atoms with Crippen molar-refractivity contribution in [2.45, 2.75) is 171 Å². The molecule has 1 aromatic rings. The molecule has 0 radical (unpaired) electrons. The molecule has 57 heavy (non-hydrogen) atoms. The predicted octanol–water partition coefficient (Wildman–Crippen LogP) is 12.8. The lowest BCUT2D eigenvalue weighted by molar-refractivity contribution is -0.227. The van der Waals surface area contributed by atoms with Crippen LogP contribution in [0.15, 0.2) is 42.5 Å². The molecule has 0 spiro atoms. The molecule has 7 heteroatoms. The maximum absolute atomic E-state index is 14.9. The topological polar surface area (TPSA) is 78.9 Å². The van der Waals surface area contributed by atoms with Crippen LogP contribution in [0.3, 0.4) is 0 Å². The normalized spacial score (nSPS) is 36.0. The fraction of sp³-hybridized carbons (Fsp3) is 0.740. The molecule has 6 nitrogen and oxygen atoms in total. The molecule has 316 valence electrons. The van der Waals surface area contributed by atoms with E-state index in [1.165, 1.54) is 17.6 Å². The van der Waals surface area contributed by atoms with Gasteiger partial charge in [-0.15, -0.1) is 0 Å². The molecule has 0 aromatic heterocycles. The second-order valence-electron chi connectivity index (χ2n) is 22.9. The first-order valence-corrected chi connectivity index (χ1v) is 25.2. The van der Waals surface area contributed by atoms with Gasteiger partial charge in [0.25, 0.3) is 14.3 Å². The van der Waals surface area contributed by atoms with Crippen LogP contribution < -0.4 is 0 Å². The summed E-state index contributed by atoms with van der Waals surface area (Å²) in [6.07, 6.45) is 11.9. The fourth-order valence-corrected chi connectivity index (χ4v) is 14.6. The van der Waals surface area contributed by atoms with Crippen molar-refractivity contribution in [3.8, 4) is 0 Å². The molecule has 9 atom stereocenters. The zero-order valence-electron chi connectivity index (χ0n) is 38.2. The monoisotopic (exact) mass is 801 g/mol. The Bertz CT molecular complexity index is 1790. The Hall–Kier alpha value is -2.67. The van der Waals surface area contributed by atoms with Gasteiger partial charge in [-0.05, 0) is 178 Å². The van der Waals surface area contributed by atoms with Crippen molar-refractivity contribution in [2.24, 2.45) is 56.7 Å². The van der Waals surface area contributed by atoms with Crippen LogP contribution in [0.25, 0.3) is 5.57 Å². The molecule has 1 aromatic carbocycles. The molecule has 4 fully saturated rings. The van der Waals surface area contributed by atoms with Gasteiger partial charge in [-0.25, -0.2) is 4.79 Å². The zero-order valence-corrected chi connectivity index (χ0v) is 39.2. The van der Waals surface area contributed by atoms with Crippen molar-refractivity contribution < 1.29 is 28.3 Å². The largest absolute Gasteiger partial charge is 0.519 e. The third-order valence-electron chi connectivity index (χ3n) is 17.6. The Morgan fingerprint density at radius 2 is 1.47 bits per heavy atom. The van der Waals surface area contributed by atoms with E-state index in [4.69, 9.17) is 13.9 Å². The number of ether oxygens (including phenoxy) is 2. The highest BCUT2D eigenvalue weighted by atomic mass is 28.4. The molecule has 9 unspecified atom stereocenters. The smallest absolute Gasteiger partial charge is 0.338 e. The number of benzene rings is 1. The molecule has 5 aliphatic carbocycles. The van der Waals surface area contributed by atoms with Gasteiger partial charge in [-0.2, -0.15) is 0 Å². The summed E-state index contributed by atoms with van der Waals surface area (Å²) in [5.74, 6) is 1.14. The van der Waals surface area contributed by atoms with E-state index >= 15 is 0 Å². The van der Waals surface area contributed by atoms with Gasteiger partial charge in [0.05, 0.1) is 24.0 Å². The summed E-state index contributed by atoms with van der Waals surface area (Å²) in [7, 11) is -2.37. The van der Waals surface area contributed by atoms with Gasteiger partial charge in [0.1, 0.15) is 5.60 Å². The maximum atomic E-state index is 14.9. The average molecular weight is 801 g/mol. The third-order valence-corrected chi connectivity index (χ3v) is 21.9. The van der Waals surface area contributed by atoms with Crippen LogP contribution in [0.4, 0.5) is 0 Å². The molecule has 0 saturated heterocycles. The van der Waals surface area contributed by atoms with Gasteiger partial charge in [-0.3, -0.25) is 9.59 Å². The Labute approximate surface area is 346 Å². The standard InChI is InChI=1S/C50H76O6Si/c1-16-54-40(51)31-32(2)35-23-28-50(43(53)56-57(14,15)45(6,7)8)30-29-48(12)37(41(35)50)21-22-39-47(11)26-24-36(46(9,10)38(47)25-27-49(39,48)13)33-17-19-34(20-18-33)42(52)55-44(3,4)5/h17-20,24,35,37-39,41H,2,16,21-23,25-31H2,1,3-15H3. The van der Waals surface area contributed by atoms with E-state index in [2.05, 4.69) is 93.3 Å². The van der Waals surface area contributed by atoms with Gasteiger partial charge < -0.3 is 13.9 Å². The molecule has 0 amide bonds. The van der Waals surface area contributed by atoms with Crippen molar-refractivity contribution in [2.75, 3.05) is 6.61 Å². The van der Waals surface area contributed by atoms with Gasteiger partial charge in [0.2, 0.25) is 0 Å². The minimum absolute atomic E-state index is 0.0290. The number of rotatable bonds is 8. The summed E-state index contributed by atoms with van der Waals surface area (Å²) < 4.78 is 17.9. The first-order valence-electron chi connectivity index (χ1n) is 22.3. The number of carbonyl (C=O) groups is 3. The number of allylic oxidation sites excluding steroid dienone is 2. The molecule has 0 aliphatic heterocycles. The summed E-state index contributed by atoms with van der Waals surface area (Å²) in [5, 5.41) is -0.0747. The van der Waals surface area contributed by atoms with Crippen LogP contribution in [-0.2, 0) is 23.5 Å². The highest BCUT2D eigenvalue weighted by Gasteiger charge is 2.72. The zero-order chi connectivity index (χ0) is 42.4. The van der Waals surface area contributed by atoms with E-state index < -0.39 is 19.3 Å². The number of hydrogen-bond donors (Lipinski definition) is 0. The van der Waals surface area contributed by atoms with E-state index in [0.29, 0.717) is 29.9 Å². The van der Waals surface area contributed by atoms with E-state index in [9.17, 15) is 14.4 Å². The highest BCUT2D eigenvalue weighted by molar-refractivity contribution is 6.75. The van der Waals surface area contributed by atoms with E-state index in [1.54, 1.807) is 0 Å². The van der Waals surface area contributed by atoms with Gasteiger partial charge in [0, 0.05) is 0 Å². The highest BCUT2D eigenvalue weighted by Crippen LogP contribution is 2.78. The lowest BCUT2D eigenvalue weighted by Gasteiger charge is -2.72. The summed E-state index contributed by atoms with van der Waals surface area (Å²) in [6.45, 7) is 36.3. The van der Waals surface area contributed by atoms with Gasteiger partial charge in [0.15, 0.2) is 0 Å². The van der Waals surface area contributed by atoms with E-state index in [1.807, 2.05) is 39.8 Å². The van der Waals surface area contributed by atoms with E-state index in [0.717, 1.165) is 56.9 Å². The number of carbonyl (C=O) groups excluding carboxylic acids is 3. The minimum Gasteiger partial charge on any atom is -0.519 e. The van der Waals surface area contributed by atoms with Crippen molar-refractivity contribution in [1.82, 2.24) is 0 Å². The Morgan fingerprint density at radius 3 is 2.07 bits per heavy atom. The second-order valence-corrected chi connectivity index (χ2v) is 27.6. The molecule has 0 heterocycles. The Balaban J connectivity index is 1.33. The summed E-state index contributed by atoms with van der Waals surface area (Å²) in [5.41, 5.74) is 3.26. The van der Waals surface area contributed by atoms with Crippen molar-refractivity contribution in [3.63, 3.8) is 0 Å².